The van der Waals surface area contributed by atoms with Gasteiger partial charge in [-0.25, -0.2) is 0 Å². The van der Waals surface area contributed by atoms with E-state index in [1.165, 1.54) is 33.4 Å². The van der Waals surface area contributed by atoms with Gasteiger partial charge in [-0.05, 0) is 50.3 Å². The van der Waals surface area contributed by atoms with E-state index in [0.717, 1.165) is 0 Å². The maximum atomic E-state index is 2.37. The first-order chi connectivity index (χ1) is 15.1. The third-order valence-electron chi connectivity index (χ3n) is 5.56. The molecule has 0 aliphatic carbocycles. The van der Waals surface area contributed by atoms with E-state index in [9.17, 15) is 0 Å². The van der Waals surface area contributed by atoms with Crippen LogP contribution in [0.25, 0.3) is 18.2 Å². The molecule has 0 radical (unpaired) electrons. The summed E-state index contributed by atoms with van der Waals surface area (Å²) in [6.45, 7) is 13.7. The van der Waals surface area contributed by atoms with Crippen LogP contribution in [0.1, 0.15) is 69.4 Å². The fraction of sp³-hybridized carbons (Fsp3) is 0.250. The van der Waals surface area contributed by atoms with Crippen molar-refractivity contribution in [2.75, 3.05) is 0 Å². The number of hydrogen-bond acceptors (Lipinski definition) is 0. The van der Waals surface area contributed by atoms with E-state index in [1.54, 1.807) is 0 Å². The van der Waals surface area contributed by atoms with Gasteiger partial charge >= 0.3 is 0 Å². The van der Waals surface area contributed by atoms with Gasteiger partial charge in [0.15, 0.2) is 0 Å². The third-order valence-corrected chi connectivity index (χ3v) is 5.56. The molecule has 0 amide bonds. The Kier molecular flexibility index (Phi) is 7.36. The van der Waals surface area contributed by atoms with Crippen LogP contribution in [0.4, 0.5) is 0 Å². The molecule has 0 bridgehead atoms. The number of allylic oxidation sites excluding steroid dienone is 3. The molecule has 0 aromatic heterocycles. The maximum absolute atomic E-state index is 2.37. The van der Waals surface area contributed by atoms with E-state index in [1.807, 2.05) is 6.07 Å². The van der Waals surface area contributed by atoms with Crippen LogP contribution in [-0.2, 0) is 10.8 Å². The summed E-state index contributed by atoms with van der Waals surface area (Å²) in [5, 5.41) is 0. The molecule has 3 aromatic rings. The van der Waals surface area contributed by atoms with E-state index >= 15 is 0 Å². The van der Waals surface area contributed by atoms with Gasteiger partial charge in [-0.1, -0.05) is 145 Å². The molecule has 0 spiro atoms. The first-order valence-corrected chi connectivity index (χ1v) is 11.5. The van der Waals surface area contributed by atoms with Crippen LogP contribution in [0.15, 0.2) is 96.6 Å². The molecule has 0 saturated heterocycles. The predicted octanol–water partition coefficient (Wildman–Crippen LogP) is 9.09. The van der Waals surface area contributed by atoms with E-state index in [0.29, 0.717) is 0 Å². The molecule has 0 aliphatic heterocycles. The summed E-state index contributed by atoms with van der Waals surface area (Å²) in [6, 6.07) is 28.0. The van der Waals surface area contributed by atoms with E-state index < -0.39 is 0 Å². The van der Waals surface area contributed by atoms with Crippen molar-refractivity contribution >= 4 is 18.2 Å². The van der Waals surface area contributed by atoms with Gasteiger partial charge in [0, 0.05) is 0 Å². The Bertz CT molecular complexity index is 1060. The lowest BCUT2D eigenvalue weighted by atomic mass is 9.79. The summed E-state index contributed by atoms with van der Waals surface area (Å²) in [7, 11) is 0. The van der Waals surface area contributed by atoms with Crippen molar-refractivity contribution in [1.29, 1.82) is 0 Å². The molecular formula is C32H36. The molecule has 3 rings (SSSR count). The smallest absolute Gasteiger partial charge is 0.0132 e. The standard InChI is InChI=1S/C32H36/c1-31(2,3)29-22-28(23-30(24-29)32(4,5)6)20-19-27(21-26-15-11-8-12-16-26)18-17-25-13-9-7-10-14-25/h7-24H,1-6H3. The van der Waals surface area contributed by atoms with Crippen LogP contribution in [0, 0.1) is 0 Å². The highest BCUT2D eigenvalue weighted by Gasteiger charge is 2.19. The lowest BCUT2D eigenvalue weighted by Crippen LogP contribution is -2.16. The van der Waals surface area contributed by atoms with Crippen molar-refractivity contribution in [3.05, 3.63) is 124 Å². The zero-order valence-corrected chi connectivity index (χ0v) is 20.4. The molecule has 0 atom stereocenters. The molecule has 0 heteroatoms. The fourth-order valence-corrected chi connectivity index (χ4v) is 3.46. The Morgan fingerprint density at radius 3 is 1.44 bits per heavy atom. The van der Waals surface area contributed by atoms with Gasteiger partial charge in [-0.15, -0.1) is 0 Å². The Labute approximate surface area is 195 Å². The highest BCUT2D eigenvalue weighted by atomic mass is 14.2. The molecule has 0 nitrogen and oxygen atoms in total. The van der Waals surface area contributed by atoms with E-state index in [-0.39, 0.29) is 10.8 Å². The minimum atomic E-state index is 0.111. The summed E-state index contributed by atoms with van der Waals surface area (Å²) in [4.78, 5) is 0. The van der Waals surface area contributed by atoms with Crippen LogP contribution in [-0.4, -0.2) is 0 Å². The highest BCUT2D eigenvalue weighted by molar-refractivity contribution is 5.68. The highest BCUT2D eigenvalue weighted by Crippen LogP contribution is 2.31. The molecule has 0 aliphatic rings. The molecule has 0 fully saturated rings. The van der Waals surface area contributed by atoms with Gasteiger partial charge in [-0.3, -0.25) is 0 Å². The van der Waals surface area contributed by atoms with E-state index in [4.69, 9.17) is 0 Å². The van der Waals surface area contributed by atoms with Gasteiger partial charge in [-0.2, -0.15) is 0 Å². The molecular weight excluding hydrogens is 384 g/mol. The van der Waals surface area contributed by atoms with Gasteiger partial charge in [0.2, 0.25) is 0 Å². The first-order valence-electron chi connectivity index (χ1n) is 11.5. The summed E-state index contributed by atoms with van der Waals surface area (Å²) in [6.07, 6.45) is 11.1. The summed E-state index contributed by atoms with van der Waals surface area (Å²) in [5.41, 5.74) is 7.77. The van der Waals surface area contributed by atoms with Crippen LogP contribution in [0.3, 0.4) is 0 Å². The normalized spacial score (nSPS) is 13.2. The molecule has 3 aromatic carbocycles. The van der Waals surface area contributed by atoms with Crippen LogP contribution < -0.4 is 0 Å². The monoisotopic (exact) mass is 420 g/mol. The quantitative estimate of drug-likeness (QED) is 0.361. The predicted molar refractivity (Wildman–Crippen MR) is 143 cm³/mol. The lowest BCUT2D eigenvalue weighted by molar-refractivity contribution is 0.568. The Morgan fingerprint density at radius 1 is 0.531 bits per heavy atom. The minimum Gasteiger partial charge on any atom is -0.0622 e. The number of hydrogen-bond donors (Lipinski definition) is 0. The second-order valence-electron chi connectivity index (χ2n) is 10.5. The average molecular weight is 421 g/mol. The van der Waals surface area contributed by atoms with Gasteiger partial charge in [0.1, 0.15) is 0 Å². The molecule has 0 heterocycles. The summed E-state index contributed by atoms with van der Waals surface area (Å²) >= 11 is 0. The van der Waals surface area contributed by atoms with Crippen molar-refractivity contribution < 1.29 is 0 Å². The van der Waals surface area contributed by atoms with E-state index in [2.05, 4.69) is 145 Å². The SMILES string of the molecule is CC(C)(C)c1cc(C=CC(C=Cc2ccccc2)=Cc2ccccc2)cc(C(C)(C)C)c1. The molecule has 0 N–H and O–H groups in total. The molecule has 0 saturated carbocycles. The molecule has 164 valence electrons. The van der Waals surface area contributed by atoms with Gasteiger partial charge in [0.25, 0.3) is 0 Å². The van der Waals surface area contributed by atoms with Crippen molar-refractivity contribution in [3.8, 4) is 0 Å². The summed E-state index contributed by atoms with van der Waals surface area (Å²) < 4.78 is 0. The fourth-order valence-electron chi connectivity index (χ4n) is 3.46. The molecule has 0 unspecified atom stereocenters. The number of rotatable bonds is 5. The third kappa shape index (κ3) is 6.95. The van der Waals surface area contributed by atoms with Crippen molar-refractivity contribution in [3.63, 3.8) is 0 Å². The topological polar surface area (TPSA) is 0 Å². The van der Waals surface area contributed by atoms with Gasteiger partial charge in [0.05, 0.1) is 0 Å². The lowest BCUT2D eigenvalue weighted by Gasteiger charge is -2.25. The Morgan fingerprint density at radius 2 is 0.969 bits per heavy atom. The molecule has 32 heavy (non-hydrogen) atoms. The van der Waals surface area contributed by atoms with Gasteiger partial charge < -0.3 is 0 Å². The average Bonchev–Trinajstić information content (AvgIpc) is 2.75. The van der Waals surface area contributed by atoms with Crippen LogP contribution in [0.2, 0.25) is 0 Å². The zero-order valence-electron chi connectivity index (χ0n) is 20.4. The van der Waals surface area contributed by atoms with Crippen molar-refractivity contribution in [2.24, 2.45) is 0 Å². The minimum absolute atomic E-state index is 0.111. The number of benzene rings is 3. The first kappa shape index (κ1) is 23.5. The van der Waals surface area contributed by atoms with Crippen LogP contribution in [0.5, 0.6) is 0 Å². The van der Waals surface area contributed by atoms with Crippen molar-refractivity contribution in [1.82, 2.24) is 0 Å². The largest absolute Gasteiger partial charge is 0.0622 e. The second kappa shape index (κ2) is 10.0. The maximum Gasteiger partial charge on any atom is -0.0132 e. The Hall–Kier alpha value is -3.12. The van der Waals surface area contributed by atoms with Crippen molar-refractivity contribution in [2.45, 2.75) is 52.4 Å². The van der Waals surface area contributed by atoms with Crippen LogP contribution >= 0.6 is 0 Å². The summed E-state index contributed by atoms with van der Waals surface area (Å²) in [5.74, 6) is 0. The Balaban J connectivity index is 2.01. The second-order valence-corrected chi connectivity index (χ2v) is 10.5. The zero-order chi connectivity index (χ0) is 23.2.